The highest BCUT2D eigenvalue weighted by atomic mass is 16.6. The van der Waals surface area contributed by atoms with Gasteiger partial charge in [-0.25, -0.2) is 5.48 Å². The van der Waals surface area contributed by atoms with E-state index in [1.54, 1.807) is 24.3 Å². The van der Waals surface area contributed by atoms with Gasteiger partial charge in [0.05, 0.1) is 7.11 Å². The molecule has 0 aliphatic rings. The number of para-hydroxylation sites is 1. The Morgan fingerprint density at radius 1 is 0.944 bits per heavy atom. The van der Waals surface area contributed by atoms with Gasteiger partial charge in [-0.05, 0) is 36.4 Å². The smallest absolute Gasteiger partial charge is 0.274 e. The van der Waals surface area contributed by atoms with Crippen LogP contribution in [0.15, 0.2) is 54.6 Å². The maximum atomic E-state index is 11.4. The monoisotopic (exact) mass is 243 g/mol. The summed E-state index contributed by atoms with van der Waals surface area (Å²) >= 11 is 0. The highest BCUT2D eigenvalue weighted by Gasteiger charge is 2.04. The SMILES string of the molecule is CONC(=O)c1ccc(Oc2ccccc2)cc1. The van der Waals surface area contributed by atoms with Crippen LogP contribution < -0.4 is 10.2 Å². The van der Waals surface area contributed by atoms with E-state index in [2.05, 4.69) is 10.3 Å². The largest absolute Gasteiger partial charge is 0.457 e. The molecule has 0 bridgehead atoms. The molecule has 0 unspecified atom stereocenters. The Morgan fingerprint density at radius 2 is 1.56 bits per heavy atom. The Labute approximate surface area is 105 Å². The van der Waals surface area contributed by atoms with E-state index < -0.39 is 0 Å². The summed E-state index contributed by atoms with van der Waals surface area (Å²) in [7, 11) is 1.39. The Bertz CT molecular complexity index is 508. The molecule has 0 spiro atoms. The third-order valence-electron chi connectivity index (χ3n) is 2.29. The van der Waals surface area contributed by atoms with Crippen molar-refractivity contribution in [1.29, 1.82) is 0 Å². The third-order valence-corrected chi connectivity index (χ3v) is 2.29. The fourth-order valence-corrected chi connectivity index (χ4v) is 1.45. The predicted octanol–water partition coefficient (Wildman–Crippen LogP) is 2.77. The first-order valence-electron chi connectivity index (χ1n) is 5.46. The Hall–Kier alpha value is -2.33. The zero-order chi connectivity index (χ0) is 12.8. The number of hydrogen-bond acceptors (Lipinski definition) is 3. The van der Waals surface area contributed by atoms with Gasteiger partial charge in [-0.2, -0.15) is 0 Å². The van der Waals surface area contributed by atoms with Gasteiger partial charge >= 0.3 is 0 Å². The summed E-state index contributed by atoms with van der Waals surface area (Å²) in [5.41, 5.74) is 2.76. The minimum atomic E-state index is -0.288. The molecule has 1 N–H and O–H groups in total. The summed E-state index contributed by atoms with van der Waals surface area (Å²) in [5.74, 6) is 1.14. The molecule has 0 aliphatic heterocycles. The second-order valence-electron chi connectivity index (χ2n) is 3.57. The number of hydrogen-bond donors (Lipinski definition) is 1. The van der Waals surface area contributed by atoms with Crippen molar-refractivity contribution < 1.29 is 14.4 Å². The second kappa shape index (κ2) is 5.84. The summed E-state index contributed by atoms with van der Waals surface area (Å²) in [5, 5.41) is 0. The van der Waals surface area contributed by atoms with Crippen LogP contribution in [0.4, 0.5) is 0 Å². The fourth-order valence-electron chi connectivity index (χ4n) is 1.45. The highest BCUT2D eigenvalue weighted by molar-refractivity contribution is 5.93. The van der Waals surface area contributed by atoms with Crippen LogP contribution in [0, 0.1) is 0 Å². The molecule has 2 aromatic carbocycles. The van der Waals surface area contributed by atoms with Crippen molar-refractivity contribution in [2.75, 3.05) is 7.11 Å². The van der Waals surface area contributed by atoms with E-state index >= 15 is 0 Å². The van der Waals surface area contributed by atoms with Gasteiger partial charge in [0.15, 0.2) is 0 Å². The molecule has 0 aromatic heterocycles. The predicted molar refractivity (Wildman–Crippen MR) is 67.4 cm³/mol. The quantitative estimate of drug-likeness (QED) is 0.840. The standard InChI is InChI=1S/C14H13NO3/c1-17-15-14(16)11-7-9-13(10-8-11)18-12-5-3-2-4-6-12/h2-10H,1H3,(H,15,16). The van der Waals surface area contributed by atoms with E-state index in [4.69, 9.17) is 4.74 Å². The molecule has 92 valence electrons. The number of carbonyl (C=O) groups is 1. The molecule has 2 rings (SSSR count). The molecule has 0 fully saturated rings. The van der Waals surface area contributed by atoms with Gasteiger partial charge < -0.3 is 4.74 Å². The molecular formula is C14H13NO3. The number of ether oxygens (including phenoxy) is 1. The first kappa shape index (κ1) is 12.1. The number of amides is 1. The second-order valence-corrected chi connectivity index (χ2v) is 3.57. The average molecular weight is 243 g/mol. The van der Waals surface area contributed by atoms with Gasteiger partial charge in [0, 0.05) is 5.56 Å². The number of carbonyl (C=O) groups excluding carboxylic acids is 1. The van der Waals surface area contributed by atoms with E-state index in [0.717, 1.165) is 5.75 Å². The van der Waals surface area contributed by atoms with Crippen LogP contribution in [0.1, 0.15) is 10.4 Å². The zero-order valence-corrected chi connectivity index (χ0v) is 9.92. The molecule has 4 nitrogen and oxygen atoms in total. The van der Waals surface area contributed by atoms with Crippen molar-refractivity contribution in [3.05, 3.63) is 60.2 Å². The molecule has 4 heteroatoms. The van der Waals surface area contributed by atoms with Crippen molar-refractivity contribution >= 4 is 5.91 Å². The summed E-state index contributed by atoms with van der Waals surface area (Å²) < 4.78 is 5.61. The number of rotatable bonds is 4. The lowest BCUT2D eigenvalue weighted by Crippen LogP contribution is -2.21. The van der Waals surface area contributed by atoms with Crippen LogP contribution in [0.25, 0.3) is 0 Å². The topological polar surface area (TPSA) is 47.6 Å². The van der Waals surface area contributed by atoms with Crippen LogP contribution >= 0.6 is 0 Å². The molecule has 0 aliphatic carbocycles. The van der Waals surface area contributed by atoms with Crippen LogP contribution in [0.2, 0.25) is 0 Å². The van der Waals surface area contributed by atoms with Crippen LogP contribution in [-0.4, -0.2) is 13.0 Å². The number of hydroxylamine groups is 1. The lowest BCUT2D eigenvalue weighted by molar-refractivity contribution is 0.0537. The maximum Gasteiger partial charge on any atom is 0.274 e. The molecule has 18 heavy (non-hydrogen) atoms. The maximum absolute atomic E-state index is 11.4. The Kier molecular flexibility index (Phi) is 3.94. The van der Waals surface area contributed by atoms with E-state index in [1.165, 1.54) is 7.11 Å². The molecule has 0 saturated carbocycles. The fraction of sp³-hybridized carbons (Fsp3) is 0.0714. The van der Waals surface area contributed by atoms with Crippen LogP contribution in [-0.2, 0) is 4.84 Å². The molecule has 1 amide bonds. The van der Waals surface area contributed by atoms with E-state index in [0.29, 0.717) is 11.3 Å². The third kappa shape index (κ3) is 3.09. The first-order chi connectivity index (χ1) is 8.79. The highest BCUT2D eigenvalue weighted by Crippen LogP contribution is 2.20. The normalized spacial score (nSPS) is 9.83. The van der Waals surface area contributed by atoms with Crippen molar-refractivity contribution in [2.24, 2.45) is 0 Å². The lowest BCUT2D eigenvalue weighted by atomic mass is 10.2. The summed E-state index contributed by atoms with van der Waals surface area (Å²) in [6.45, 7) is 0. The van der Waals surface area contributed by atoms with Gasteiger partial charge in [-0.3, -0.25) is 9.63 Å². The van der Waals surface area contributed by atoms with Crippen molar-refractivity contribution in [3.63, 3.8) is 0 Å². The summed E-state index contributed by atoms with van der Waals surface area (Å²) in [4.78, 5) is 16.0. The Morgan fingerprint density at radius 3 is 2.17 bits per heavy atom. The van der Waals surface area contributed by atoms with E-state index in [9.17, 15) is 4.79 Å². The molecule has 0 heterocycles. The lowest BCUT2D eigenvalue weighted by Gasteiger charge is -2.06. The molecule has 2 aromatic rings. The van der Waals surface area contributed by atoms with E-state index in [1.807, 2.05) is 30.3 Å². The zero-order valence-electron chi connectivity index (χ0n) is 9.92. The molecule has 0 atom stereocenters. The van der Waals surface area contributed by atoms with Gasteiger partial charge in [0.2, 0.25) is 0 Å². The average Bonchev–Trinajstić information content (AvgIpc) is 2.41. The summed E-state index contributed by atoms with van der Waals surface area (Å²) in [6, 6.07) is 16.3. The van der Waals surface area contributed by atoms with Crippen LogP contribution in [0.3, 0.4) is 0 Å². The summed E-state index contributed by atoms with van der Waals surface area (Å²) in [6.07, 6.45) is 0. The van der Waals surface area contributed by atoms with E-state index in [-0.39, 0.29) is 5.91 Å². The van der Waals surface area contributed by atoms with Crippen molar-refractivity contribution in [3.8, 4) is 11.5 Å². The molecule has 0 saturated heterocycles. The van der Waals surface area contributed by atoms with Crippen molar-refractivity contribution in [1.82, 2.24) is 5.48 Å². The van der Waals surface area contributed by atoms with Gasteiger partial charge in [0.1, 0.15) is 11.5 Å². The van der Waals surface area contributed by atoms with Gasteiger partial charge in [-0.1, -0.05) is 18.2 Å². The molecular weight excluding hydrogens is 230 g/mol. The van der Waals surface area contributed by atoms with Crippen molar-refractivity contribution in [2.45, 2.75) is 0 Å². The number of nitrogens with one attached hydrogen (secondary N) is 1. The number of benzene rings is 2. The minimum absolute atomic E-state index is 0.288. The van der Waals surface area contributed by atoms with Gasteiger partial charge in [0.25, 0.3) is 5.91 Å². The molecule has 0 radical (unpaired) electrons. The first-order valence-corrected chi connectivity index (χ1v) is 5.46. The minimum Gasteiger partial charge on any atom is -0.457 e. The Balaban J connectivity index is 2.06. The van der Waals surface area contributed by atoms with Crippen LogP contribution in [0.5, 0.6) is 11.5 Å². The van der Waals surface area contributed by atoms with Gasteiger partial charge in [-0.15, -0.1) is 0 Å².